The van der Waals surface area contributed by atoms with E-state index in [-0.39, 0.29) is 0 Å². The van der Waals surface area contributed by atoms with Crippen LogP contribution in [0.4, 0.5) is 0 Å². The van der Waals surface area contributed by atoms with Gasteiger partial charge in [-0.25, -0.2) is 0 Å². The second-order valence-corrected chi connectivity index (χ2v) is 2.80. The molecule has 2 N–H and O–H groups in total. The third kappa shape index (κ3) is 1.87. The molecule has 0 aromatic heterocycles. The molecule has 0 saturated heterocycles. The lowest BCUT2D eigenvalue weighted by Crippen LogP contribution is -2.43. The van der Waals surface area contributed by atoms with E-state index in [1.807, 2.05) is 0 Å². The van der Waals surface area contributed by atoms with E-state index in [0.717, 1.165) is 32.1 Å². The zero-order valence-corrected chi connectivity index (χ0v) is 7.38. The molecular weight excluding hydrogens is 138 g/mol. The SMILES string of the molecule is CCN1CC=C(N)N(CC)C1. The van der Waals surface area contributed by atoms with Crippen molar-refractivity contribution in [1.29, 1.82) is 0 Å². The summed E-state index contributed by atoms with van der Waals surface area (Å²) in [5, 5.41) is 0. The first-order valence-electron chi connectivity index (χ1n) is 4.20. The molecule has 0 atom stereocenters. The van der Waals surface area contributed by atoms with Gasteiger partial charge in [0.2, 0.25) is 0 Å². The highest BCUT2D eigenvalue weighted by Gasteiger charge is 2.13. The van der Waals surface area contributed by atoms with Gasteiger partial charge in [-0.2, -0.15) is 0 Å². The molecule has 0 saturated carbocycles. The summed E-state index contributed by atoms with van der Waals surface area (Å²) < 4.78 is 0. The smallest absolute Gasteiger partial charge is 0.0968 e. The predicted octanol–water partition coefficient (Wildman–Crippen LogP) is 0.401. The van der Waals surface area contributed by atoms with Crippen molar-refractivity contribution in [1.82, 2.24) is 9.80 Å². The molecule has 0 aromatic rings. The highest BCUT2D eigenvalue weighted by Crippen LogP contribution is 2.06. The summed E-state index contributed by atoms with van der Waals surface area (Å²) >= 11 is 0. The lowest BCUT2D eigenvalue weighted by Gasteiger charge is -2.34. The maximum atomic E-state index is 5.77. The van der Waals surface area contributed by atoms with Gasteiger partial charge in [-0.05, 0) is 19.5 Å². The minimum atomic E-state index is 0.928. The van der Waals surface area contributed by atoms with Crippen LogP contribution in [0.5, 0.6) is 0 Å². The minimum Gasteiger partial charge on any atom is -0.386 e. The summed E-state index contributed by atoms with van der Waals surface area (Å²) in [5.74, 6) is 0.928. The Bertz CT molecular complexity index is 153. The van der Waals surface area contributed by atoms with Crippen LogP contribution in [0.15, 0.2) is 11.9 Å². The molecule has 1 heterocycles. The van der Waals surface area contributed by atoms with Gasteiger partial charge in [0, 0.05) is 13.1 Å². The van der Waals surface area contributed by atoms with Crippen molar-refractivity contribution < 1.29 is 0 Å². The summed E-state index contributed by atoms with van der Waals surface area (Å²) in [7, 11) is 0. The van der Waals surface area contributed by atoms with Crippen LogP contribution in [0, 0.1) is 0 Å². The highest BCUT2D eigenvalue weighted by molar-refractivity contribution is 5.00. The molecule has 3 heteroatoms. The van der Waals surface area contributed by atoms with E-state index < -0.39 is 0 Å². The molecule has 64 valence electrons. The van der Waals surface area contributed by atoms with Crippen LogP contribution in [0.2, 0.25) is 0 Å². The monoisotopic (exact) mass is 155 g/mol. The number of hydrogen-bond acceptors (Lipinski definition) is 3. The molecule has 11 heavy (non-hydrogen) atoms. The van der Waals surface area contributed by atoms with E-state index in [1.165, 1.54) is 0 Å². The van der Waals surface area contributed by atoms with Crippen molar-refractivity contribution in [2.75, 3.05) is 26.3 Å². The average molecular weight is 155 g/mol. The zero-order valence-electron chi connectivity index (χ0n) is 7.38. The van der Waals surface area contributed by atoms with Gasteiger partial charge in [0.15, 0.2) is 0 Å². The molecule has 0 aromatic carbocycles. The Labute approximate surface area is 68.5 Å². The first-order valence-corrected chi connectivity index (χ1v) is 4.20. The van der Waals surface area contributed by atoms with Crippen molar-refractivity contribution in [3.05, 3.63) is 11.9 Å². The maximum absolute atomic E-state index is 5.77. The zero-order chi connectivity index (χ0) is 8.27. The summed E-state index contributed by atoms with van der Waals surface area (Å²) in [6, 6.07) is 0. The Kier molecular flexibility index (Phi) is 2.76. The fraction of sp³-hybridized carbons (Fsp3) is 0.750. The van der Waals surface area contributed by atoms with E-state index in [9.17, 15) is 0 Å². The van der Waals surface area contributed by atoms with E-state index >= 15 is 0 Å². The molecule has 0 amide bonds. The number of likely N-dealkylation sites (N-methyl/N-ethyl adjacent to an activating group) is 1. The fourth-order valence-corrected chi connectivity index (χ4v) is 1.24. The quantitative estimate of drug-likeness (QED) is 0.626. The second-order valence-electron chi connectivity index (χ2n) is 2.80. The standard InChI is InChI=1S/C8H17N3/c1-3-10-6-5-8(9)11(4-2)7-10/h5H,3-4,6-7,9H2,1-2H3. The number of hydrogen-bond donors (Lipinski definition) is 1. The van der Waals surface area contributed by atoms with Gasteiger partial charge < -0.3 is 10.6 Å². The molecule has 0 spiro atoms. The molecule has 1 aliphatic heterocycles. The van der Waals surface area contributed by atoms with Gasteiger partial charge >= 0.3 is 0 Å². The Balaban J connectivity index is 2.53. The van der Waals surface area contributed by atoms with Gasteiger partial charge in [0.05, 0.1) is 12.5 Å². The van der Waals surface area contributed by atoms with Crippen molar-refractivity contribution in [3.63, 3.8) is 0 Å². The summed E-state index contributed by atoms with van der Waals surface area (Å²) in [6.45, 7) is 8.37. The lowest BCUT2D eigenvalue weighted by atomic mass is 10.3. The van der Waals surface area contributed by atoms with Crippen LogP contribution in [0.1, 0.15) is 13.8 Å². The largest absolute Gasteiger partial charge is 0.386 e. The molecular formula is C8H17N3. The van der Waals surface area contributed by atoms with Crippen molar-refractivity contribution in [2.24, 2.45) is 5.73 Å². The van der Waals surface area contributed by atoms with Gasteiger partial charge in [-0.1, -0.05) is 6.92 Å². The van der Waals surface area contributed by atoms with Crippen LogP contribution in [0.25, 0.3) is 0 Å². The van der Waals surface area contributed by atoms with Gasteiger partial charge in [0.25, 0.3) is 0 Å². The van der Waals surface area contributed by atoms with E-state index in [0.29, 0.717) is 0 Å². The Morgan fingerprint density at radius 2 is 2.18 bits per heavy atom. The van der Waals surface area contributed by atoms with Crippen LogP contribution < -0.4 is 5.73 Å². The molecule has 0 radical (unpaired) electrons. The van der Waals surface area contributed by atoms with Gasteiger partial charge in [0.1, 0.15) is 0 Å². The van der Waals surface area contributed by atoms with Crippen LogP contribution in [-0.2, 0) is 0 Å². The van der Waals surface area contributed by atoms with Crippen molar-refractivity contribution in [2.45, 2.75) is 13.8 Å². The van der Waals surface area contributed by atoms with E-state index in [4.69, 9.17) is 5.73 Å². The molecule has 0 fully saturated rings. The van der Waals surface area contributed by atoms with Crippen molar-refractivity contribution in [3.8, 4) is 0 Å². The summed E-state index contributed by atoms with van der Waals surface area (Å²) in [4.78, 5) is 4.52. The maximum Gasteiger partial charge on any atom is 0.0968 e. The minimum absolute atomic E-state index is 0.928. The average Bonchev–Trinajstić information content (AvgIpc) is 2.05. The Morgan fingerprint density at radius 1 is 1.45 bits per heavy atom. The first kappa shape index (κ1) is 8.40. The summed E-state index contributed by atoms with van der Waals surface area (Å²) in [6.07, 6.45) is 2.08. The van der Waals surface area contributed by atoms with Crippen LogP contribution in [-0.4, -0.2) is 36.1 Å². The summed E-state index contributed by atoms with van der Waals surface area (Å²) in [5.41, 5.74) is 5.77. The fourth-order valence-electron chi connectivity index (χ4n) is 1.24. The molecule has 0 aliphatic carbocycles. The number of nitrogens with two attached hydrogens (primary N) is 1. The number of nitrogens with zero attached hydrogens (tertiary/aromatic N) is 2. The topological polar surface area (TPSA) is 32.5 Å². The van der Waals surface area contributed by atoms with E-state index in [2.05, 4.69) is 29.7 Å². The van der Waals surface area contributed by atoms with Crippen LogP contribution in [0.3, 0.4) is 0 Å². The molecule has 3 nitrogen and oxygen atoms in total. The second kappa shape index (κ2) is 3.62. The Morgan fingerprint density at radius 3 is 2.73 bits per heavy atom. The number of rotatable bonds is 2. The highest BCUT2D eigenvalue weighted by atomic mass is 15.3. The third-order valence-corrected chi connectivity index (χ3v) is 2.12. The molecule has 1 rings (SSSR count). The van der Waals surface area contributed by atoms with Gasteiger partial charge in [-0.15, -0.1) is 0 Å². The van der Waals surface area contributed by atoms with Gasteiger partial charge in [-0.3, -0.25) is 4.90 Å². The van der Waals surface area contributed by atoms with Crippen LogP contribution >= 0.6 is 0 Å². The lowest BCUT2D eigenvalue weighted by molar-refractivity contribution is 0.165. The molecule has 0 unspecified atom stereocenters. The van der Waals surface area contributed by atoms with Crippen molar-refractivity contribution >= 4 is 0 Å². The molecule has 0 bridgehead atoms. The third-order valence-electron chi connectivity index (χ3n) is 2.12. The predicted molar refractivity (Wildman–Crippen MR) is 46.8 cm³/mol. The Hall–Kier alpha value is -0.700. The first-order chi connectivity index (χ1) is 5.27. The van der Waals surface area contributed by atoms with E-state index in [1.54, 1.807) is 0 Å². The normalized spacial score (nSPS) is 20.2. The molecule has 1 aliphatic rings.